The molecule has 1 unspecified atom stereocenters. The van der Waals surface area contributed by atoms with Gasteiger partial charge in [0.1, 0.15) is 12.7 Å². The SMILES string of the molecule is CCc1noc(COC2CN(C(=O)CC3OC(=O)c4ccccc43)C2)n1. The van der Waals surface area contributed by atoms with Crippen LogP contribution >= 0.6 is 0 Å². The van der Waals surface area contributed by atoms with E-state index < -0.39 is 6.10 Å². The van der Waals surface area contributed by atoms with Crippen LogP contribution in [0.1, 0.15) is 47.1 Å². The molecular weight excluding hydrogens is 338 g/mol. The van der Waals surface area contributed by atoms with Crippen LogP contribution in [0, 0.1) is 0 Å². The molecule has 8 nitrogen and oxygen atoms in total. The number of hydrogen-bond donors (Lipinski definition) is 0. The maximum absolute atomic E-state index is 12.4. The molecule has 0 aliphatic carbocycles. The summed E-state index contributed by atoms with van der Waals surface area (Å²) in [5.74, 6) is 0.682. The van der Waals surface area contributed by atoms with Gasteiger partial charge in [-0.3, -0.25) is 4.79 Å². The molecule has 1 saturated heterocycles. The molecule has 8 heteroatoms. The maximum Gasteiger partial charge on any atom is 0.339 e. The van der Waals surface area contributed by atoms with Crippen molar-refractivity contribution >= 4 is 11.9 Å². The normalized spacial score (nSPS) is 19.2. The number of rotatable bonds is 6. The number of carbonyl (C=O) groups is 2. The Morgan fingerprint density at radius 3 is 2.92 bits per heavy atom. The van der Waals surface area contributed by atoms with Gasteiger partial charge in [0.15, 0.2) is 5.82 Å². The number of nitrogens with zero attached hydrogens (tertiary/aromatic N) is 3. The number of aromatic nitrogens is 2. The lowest BCUT2D eigenvalue weighted by molar-refractivity contribution is -0.148. The first-order valence-corrected chi connectivity index (χ1v) is 8.64. The van der Waals surface area contributed by atoms with Crippen molar-refractivity contribution in [2.75, 3.05) is 13.1 Å². The largest absolute Gasteiger partial charge is 0.453 e. The van der Waals surface area contributed by atoms with Gasteiger partial charge >= 0.3 is 5.97 Å². The second-order valence-corrected chi connectivity index (χ2v) is 6.37. The van der Waals surface area contributed by atoms with E-state index in [-0.39, 0.29) is 31.0 Å². The Bertz CT molecular complexity index is 828. The Morgan fingerprint density at radius 1 is 1.35 bits per heavy atom. The minimum absolute atomic E-state index is 0.0469. The molecule has 0 saturated carbocycles. The Labute approximate surface area is 150 Å². The van der Waals surface area contributed by atoms with Gasteiger partial charge in [-0.15, -0.1) is 0 Å². The van der Waals surface area contributed by atoms with Crippen molar-refractivity contribution in [3.05, 3.63) is 47.1 Å². The highest BCUT2D eigenvalue weighted by atomic mass is 16.5. The average Bonchev–Trinajstić information content (AvgIpc) is 3.19. The quantitative estimate of drug-likeness (QED) is 0.726. The van der Waals surface area contributed by atoms with Gasteiger partial charge in [-0.25, -0.2) is 4.79 Å². The fraction of sp³-hybridized carbons (Fsp3) is 0.444. The molecule has 0 bridgehead atoms. The number of cyclic esters (lactones) is 1. The Balaban J connectivity index is 1.24. The molecule has 0 radical (unpaired) electrons. The molecule has 0 spiro atoms. The van der Waals surface area contributed by atoms with Crippen molar-refractivity contribution in [3.8, 4) is 0 Å². The number of aryl methyl sites for hydroxylation is 1. The first-order valence-electron chi connectivity index (χ1n) is 8.64. The molecule has 2 aromatic rings. The third-order valence-electron chi connectivity index (χ3n) is 4.61. The van der Waals surface area contributed by atoms with E-state index in [1.807, 2.05) is 19.1 Å². The highest BCUT2D eigenvalue weighted by Crippen LogP contribution is 2.33. The van der Waals surface area contributed by atoms with Gasteiger partial charge in [0.25, 0.3) is 5.89 Å². The van der Waals surface area contributed by atoms with Crippen LogP contribution in [0.4, 0.5) is 0 Å². The second kappa shape index (κ2) is 6.87. The highest BCUT2D eigenvalue weighted by molar-refractivity contribution is 5.94. The summed E-state index contributed by atoms with van der Waals surface area (Å²) in [6.45, 7) is 3.21. The topological polar surface area (TPSA) is 94.8 Å². The zero-order valence-electron chi connectivity index (χ0n) is 14.4. The molecule has 4 rings (SSSR count). The smallest absolute Gasteiger partial charge is 0.339 e. The molecule has 3 heterocycles. The van der Waals surface area contributed by atoms with Crippen molar-refractivity contribution in [2.24, 2.45) is 0 Å². The van der Waals surface area contributed by atoms with Crippen molar-refractivity contribution in [2.45, 2.75) is 38.6 Å². The number of esters is 1. The second-order valence-electron chi connectivity index (χ2n) is 6.37. The van der Waals surface area contributed by atoms with Crippen molar-refractivity contribution in [3.63, 3.8) is 0 Å². The standard InChI is InChI=1S/C18H19N3O5/c1-2-15-19-16(26-20-15)10-24-11-8-21(9-11)17(22)7-14-12-5-3-4-6-13(12)18(23)25-14/h3-6,11,14H,2,7-10H2,1H3. The zero-order chi connectivity index (χ0) is 18.1. The Morgan fingerprint density at radius 2 is 2.15 bits per heavy atom. The monoisotopic (exact) mass is 357 g/mol. The average molecular weight is 357 g/mol. The fourth-order valence-electron chi connectivity index (χ4n) is 3.09. The minimum atomic E-state index is -0.503. The van der Waals surface area contributed by atoms with Crippen molar-refractivity contribution in [1.29, 1.82) is 0 Å². The highest BCUT2D eigenvalue weighted by Gasteiger charge is 2.37. The van der Waals surface area contributed by atoms with Gasteiger partial charge in [-0.05, 0) is 6.07 Å². The van der Waals surface area contributed by atoms with Gasteiger partial charge in [0, 0.05) is 25.1 Å². The van der Waals surface area contributed by atoms with Crippen LogP contribution in [0.3, 0.4) is 0 Å². The van der Waals surface area contributed by atoms with Crippen LogP contribution < -0.4 is 0 Å². The molecule has 1 amide bonds. The summed E-state index contributed by atoms with van der Waals surface area (Å²) in [4.78, 5) is 30.1. The first-order chi connectivity index (χ1) is 12.6. The van der Waals surface area contributed by atoms with E-state index in [1.54, 1.807) is 17.0 Å². The van der Waals surface area contributed by atoms with Crippen molar-refractivity contribution in [1.82, 2.24) is 15.0 Å². The molecule has 136 valence electrons. The lowest BCUT2D eigenvalue weighted by atomic mass is 10.0. The van der Waals surface area contributed by atoms with Crippen LogP contribution in [-0.4, -0.2) is 46.1 Å². The van der Waals surface area contributed by atoms with Crippen LogP contribution in [0.25, 0.3) is 0 Å². The van der Waals surface area contributed by atoms with E-state index >= 15 is 0 Å². The molecule has 0 N–H and O–H groups in total. The number of likely N-dealkylation sites (tertiary alicyclic amines) is 1. The van der Waals surface area contributed by atoms with Gasteiger partial charge in [0.2, 0.25) is 5.91 Å². The van der Waals surface area contributed by atoms with Gasteiger partial charge in [-0.2, -0.15) is 4.98 Å². The predicted octanol–water partition coefficient (Wildman–Crippen LogP) is 1.66. The lowest BCUT2D eigenvalue weighted by Gasteiger charge is -2.39. The summed E-state index contributed by atoms with van der Waals surface area (Å²) in [6, 6.07) is 7.17. The fourth-order valence-corrected chi connectivity index (χ4v) is 3.09. The molecule has 1 aromatic carbocycles. The minimum Gasteiger partial charge on any atom is -0.453 e. The number of benzene rings is 1. The summed E-state index contributed by atoms with van der Waals surface area (Å²) in [5.41, 5.74) is 1.32. The van der Waals surface area contributed by atoms with Crippen LogP contribution in [-0.2, 0) is 27.3 Å². The summed E-state index contributed by atoms with van der Waals surface area (Å²) >= 11 is 0. The van der Waals surface area contributed by atoms with E-state index in [0.29, 0.717) is 36.8 Å². The lowest BCUT2D eigenvalue weighted by Crippen LogP contribution is -2.54. The van der Waals surface area contributed by atoms with E-state index in [0.717, 1.165) is 5.56 Å². The van der Waals surface area contributed by atoms with E-state index in [4.69, 9.17) is 14.0 Å². The van der Waals surface area contributed by atoms with Crippen LogP contribution in [0.2, 0.25) is 0 Å². The molecule has 2 aliphatic heterocycles. The van der Waals surface area contributed by atoms with E-state index in [9.17, 15) is 9.59 Å². The van der Waals surface area contributed by atoms with Crippen LogP contribution in [0.5, 0.6) is 0 Å². The summed E-state index contributed by atoms with van der Waals surface area (Å²) in [5, 5.41) is 3.81. The Kier molecular flexibility index (Phi) is 4.42. The molecule has 1 fully saturated rings. The van der Waals surface area contributed by atoms with Gasteiger partial charge in [0.05, 0.1) is 18.1 Å². The zero-order valence-corrected chi connectivity index (χ0v) is 14.4. The van der Waals surface area contributed by atoms with E-state index in [2.05, 4.69) is 10.1 Å². The summed E-state index contributed by atoms with van der Waals surface area (Å²) in [6.07, 6.45) is 0.314. The molecule has 1 aromatic heterocycles. The third-order valence-corrected chi connectivity index (χ3v) is 4.61. The summed E-state index contributed by atoms with van der Waals surface area (Å²) < 4.78 is 16.1. The van der Waals surface area contributed by atoms with Gasteiger partial charge < -0.3 is 18.9 Å². The number of amides is 1. The first kappa shape index (κ1) is 16.7. The number of fused-ring (bicyclic) bond motifs is 1. The van der Waals surface area contributed by atoms with Crippen LogP contribution in [0.15, 0.2) is 28.8 Å². The molecule has 1 atom stereocenters. The predicted molar refractivity (Wildman–Crippen MR) is 88.0 cm³/mol. The van der Waals surface area contributed by atoms with Crippen molar-refractivity contribution < 1.29 is 23.6 Å². The molecular formula is C18H19N3O5. The maximum atomic E-state index is 12.4. The number of ether oxygens (including phenoxy) is 2. The number of hydrogen-bond acceptors (Lipinski definition) is 7. The van der Waals surface area contributed by atoms with Gasteiger partial charge in [-0.1, -0.05) is 30.3 Å². The molecule has 2 aliphatic rings. The third kappa shape index (κ3) is 3.20. The van der Waals surface area contributed by atoms with E-state index in [1.165, 1.54) is 0 Å². The Hall–Kier alpha value is -2.74. The molecule has 26 heavy (non-hydrogen) atoms. The summed E-state index contributed by atoms with van der Waals surface area (Å²) in [7, 11) is 0. The number of carbonyl (C=O) groups excluding carboxylic acids is 2.